The van der Waals surface area contributed by atoms with E-state index >= 15 is 0 Å². The van der Waals surface area contributed by atoms with Crippen molar-refractivity contribution in [1.29, 1.82) is 0 Å². The Morgan fingerprint density at radius 1 is 1.38 bits per heavy atom. The lowest BCUT2D eigenvalue weighted by atomic mass is 10.1. The minimum atomic E-state index is -0.934. The monoisotopic (exact) mass is 288 g/mol. The number of anilines is 1. The number of carboxylic acid groups (broad SMARTS) is 1. The molecule has 0 unspecified atom stereocenters. The summed E-state index contributed by atoms with van der Waals surface area (Å²) in [6.45, 7) is 8.60. The zero-order valence-corrected chi connectivity index (χ0v) is 12.7. The van der Waals surface area contributed by atoms with Crippen molar-refractivity contribution in [3.8, 4) is 0 Å². The van der Waals surface area contributed by atoms with Crippen molar-refractivity contribution in [3.05, 3.63) is 41.2 Å². The molecule has 0 spiro atoms. The molecule has 112 valence electrons. The molecule has 0 aliphatic heterocycles. The van der Waals surface area contributed by atoms with E-state index in [1.54, 1.807) is 18.2 Å². The lowest BCUT2D eigenvalue weighted by Gasteiger charge is -2.17. The van der Waals surface area contributed by atoms with E-state index in [0.29, 0.717) is 6.54 Å². The Bertz CT molecular complexity index is 656. The van der Waals surface area contributed by atoms with Gasteiger partial charge in [0.2, 0.25) is 0 Å². The maximum atomic E-state index is 11.0. The van der Waals surface area contributed by atoms with Crippen LogP contribution in [0, 0.1) is 6.92 Å². The van der Waals surface area contributed by atoms with Crippen LogP contribution in [0.15, 0.2) is 24.4 Å². The zero-order chi connectivity index (χ0) is 15.6. The van der Waals surface area contributed by atoms with Gasteiger partial charge in [-0.1, -0.05) is 11.3 Å². The van der Waals surface area contributed by atoms with Crippen molar-refractivity contribution in [2.75, 3.05) is 5.32 Å². The number of aryl methyl sites for hydroxylation is 1. The fourth-order valence-corrected chi connectivity index (χ4v) is 1.84. The van der Waals surface area contributed by atoms with Crippen LogP contribution in [0.5, 0.6) is 0 Å². The van der Waals surface area contributed by atoms with Crippen LogP contribution in [0.4, 0.5) is 5.69 Å². The number of benzene rings is 1. The van der Waals surface area contributed by atoms with Gasteiger partial charge in [-0.3, -0.25) is 0 Å². The standard InChI is InChI=1S/C15H20N4O2/c1-10-5-6-11(14(20)21)7-13(10)16-8-12-9-19(18-17-12)15(2,3)4/h5-7,9,16H,8H2,1-4H3,(H,20,21). The van der Waals surface area contributed by atoms with Crippen LogP contribution in [0.1, 0.15) is 42.4 Å². The lowest BCUT2D eigenvalue weighted by molar-refractivity contribution is 0.0697. The largest absolute Gasteiger partial charge is 0.478 e. The van der Waals surface area contributed by atoms with Gasteiger partial charge >= 0.3 is 5.97 Å². The molecule has 6 nitrogen and oxygen atoms in total. The Morgan fingerprint density at radius 3 is 2.67 bits per heavy atom. The maximum absolute atomic E-state index is 11.0. The van der Waals surface area contributed by atoms with Gasteiger partial charge in [0.05, 0.1) is 23.8 Å². The summed E-state index contributed by atoms with van der Waals surface area (Å²) in [4.78, 5) is 11.0. The molecule has 0 saturated carbocycles. The van der Waals surface area contributed by atoms with Gasteiger partial charge < -0.3 is 10.4 Å². The summed E-state index contributed by atoms with van der Waals surface area (Å²) in [6, 6.07) is 5.02. The molecule has 2 N–H and O–H groups in total. The Hall–Kier alpha value is -2.37. The van der Waals surface area contributed by atoms with E-state index in [1.807, 2.05) is 17.8 Å². The molecule has 0 amide bonds. The molecule has 1 heterocycles. The number of hydrogen-bond acceptors (Lipinski definition) is 4. The fraction of sp³-hybridized carbons (Fsp3) is 0.400. The van der Waals surface area contributed by atoms with Gasteiger partial charge in [-0.25, -0.2) is 9.48 Å². The van der Waals surface area contributed by atoms with Crippen LogP contribution in [0.2, 0.25) is 0 Å². The van der Waals surface area contributed by atoms with Crippen molar-refractivity contribution in [1.82, 2.24) is 15.0 Å². The number of nitrogens with zero attached hydrogens (tertiary/aromatic N) is 3. The van der Waals surface area contributed by atoms with Gasteiger partial charge in [0, 0.05) is 5.69 Å². The fourth-order valence-electron chi connectivity index (χ4n) is 1.84. The van der Waals surface area contributed by atoms with E-state index in [9.17, 15) is 4.79 Å². The third-order valence-electron chi connectivity index (χ3n) is 3.17. The topological polar surface area (TPSA) is 80.0 Å². The number of aromatic carboxylic acids is 1. The SMILES string of the molecule is Cc1ccc(C(=O)O)cc1NCc1cn(C(C)(C)C)nn1. The maximum Gasteiger partial charge on any atom is 0.335 e. The van der Waals surface area contributed by atoms with Gasteiger partial charge in [0.25, 0.3) is 0 Å². The van der Waals surface area contributed by atoms with Crippen molar-refractivity contribution in [2.45, 2.75) is 39.8 Å². The first kappa shape index (κ1) is 15.0. The van der Waals surface area contributed by atoms with Gasteiger partial charge in [-0.05, 0) is 45.4 Å². The molecule has 1 aromatic carbocycles. The van der Waals surface area contributed by atoms with E-state index in [-0.39, 0.29) is 11.1 Å². The molecule has 1 aromatic heterocycles. The number of aromatic nitrogens is 3. The van der Waals surface area contributed by atoms with Crippen molar-refractivity contribution in [2.24, 2.45) is 0 Å². The molecular formula is C15H20N4O2. The summed E-state index contributed by atoms with van der Waals surface area (Å²) in [5, 5.41) is 20.5. The third-order valence-corrected chi connectivity index (χ3v) is 3.17. The van der Waals surface area contributed by atoms with Crippen LogP contribution in [-0.2, 0) is 12.1 Å². The Kier molecular flexibility index (Phi) is 3.97. The highest BCUT2D eigenvalue weighted by Crippen LogP contribution is 2.18. The predicted octanol–water partition coefficient (Wildman–Crippen LogP) is 2.65. The molecule has 0 saturated heterocycles. The molecule has 6 heteroatoms. The average molecular weight is 288 g/mol. The molecule has 0 radical (unpaired) electrons. The molecule has 0 aliphatic rings. The first-order valence-electron chi connectivity index (χ1n) is 6.77. The van der Waals surface area contributed by atoms with Crippen LogP contribution in [-0.4, -0.2) is 26.1 Å². The Balaban J connectivity index is 2.11. The second kappa shape index (κ2) is 5.55. The molecule has 2 aromatic rings. The minimum absolute atomic E-state index is 0.107. The number of carboxylic acids is 1. The molecule has 21 heavy (non-hydrogen) atoms. The van der Waals surface area contributed by atoms with Crippen LogP contribution >= 0.6 is 0 Å². The summed E-state index contributed by atoms with van der Waals surface area (Å²) in [5.74, 6) is -0.934. The van der Waals surface area contributed by atoms with Crippen molar-refractivity contribution < 1.29 is 9.90 Å². The summed E-state index contributed by atoms with van der Waals surface area (Å²) >= 11 is 0. The summed E-state index contributed by atoms with van der Waals surface area (Å²) in [5.41, 5.74) is 2.75. The van der Waals surface area contributed by atoms with E-state index in [4.69, 9.17) is 5.11 Å². The van der Waals surface area contributed by atoms with Gasteiger partial charge in [0.15, 0.2) is 0 Å². The Morgan fingerprint density at radius 2 is 2.10 bits per heavy atom. The summed E-state index contributed by atoms with van der Waals surface area (Å²) in [7, 11) is 0. The highest BCUT2D eigenvalue weighted by molar-refractivity contribution is 5.89. The quantitative estimate of drug-likeness (QED) is 0.904. The first-order valence-corrected chi connectivity index (χ1v) is 6.77. The number of hydrogen-bond donors (Lipinski definition) is 2. The third kappa shape index (κ3) is 3.59. The zero-order valence-electron chi connectivity index (χ0n) is 12.7. The number of nitrogens with one attached hydrogen (secondary N) is 1. The highest BCUT2D eigenvalue weighted by Gasteiger charge is 2.15. The molecule has 0 bridgehead atoms. The van der Waals surface area contributed by atoms with E-state index in [2.05, 4.69) is 36.4 Å². The normalized spacial score (nSPS) is 11.4. The second-order valence-electron chi connectivity index (χ2n) is 6.01. The van der Waals surface area contributed by atoms with E-state index < -0.39 is 5.97 Å². The second-order valence-corrected chi connectivity index (χ2v) is 6.01. The van der Waals surface area contributed by atoms with E-state index in [1.165, 1.54) is 0 Å². The van der Waals surface area contributed by atoms with Gasteiger partial charge in [-0.2, -0.15) is 0 Å². The number of rotatable bonds is 4. The molecule has 0 fully saturated rings. The van der Waals surface area contributed by atoms with Gasteiger partial charge in [0.1, 0.15) is 5.69 Å². The van der Waals surface area contributed by atoms with Crippen molar-refractivity contribution >= 4 is 11.7 Å². The van der Waals surface area contributed by atoms with Gasteiger partial charge in [-0.15, -0.1) is 5.10 Å². The summed E-state index contributed by atoms with van der Waals surface area (Å²) < 4.78 is 1.81. The summed E-state index contributed by atoms with van der Waals surface area (Å²) in [6.07, 6.45) is 1.89. The first-order chi connectivity index (χ1) is 9.77. The Labute approximate surface area is 123 Å². The van der Waals surface area contributed by atoms with E-state index in [0.717, 1.165) is 16.9 Å². The number of carbonyl (C=O) groups is 1. The minimum Gasteiger partial charge on any atom is -0.478 e. The molecule has 0 atom stereocenters. The molecule has 0 aliphatic carbocycles. The predicted molar refractivity (Wildman–Crippen MR) is 80.5 cm³/mol. The highest BCUT2D eigenvalue weighted by atomic mass is 16.4. The van der Waals surface area contributed by atoms with Crippen LogP contribution in [0.3, 0.4) is 0 Å². The van der Waals surface area contributed by atoms with Crippen LogP contribution in [0.25, 0.3) is 0 Å². The van der Waals surface area contributed by atoms with Crippen LogP contribution < -0.4 is 5.32 Å². The lowest BCUT2D eigenvalue weighted by Crippen LogP contribution is -2.22. The average Bonchev–Trinajstić information content (AvgIpc) is 2.86. The molecule has 2 rings (SSSR count). The molecular weight excluding hydrogens is 268 g/mol. The smallest absolute Gasteiger partial charge is 0.335 e. The van der Waals surface area contributed by atoms with Crippen molar-refractivity contribution in [3.63, 3.8) is 0 Å².